The van der Waals surface area contributed by atoms with Crippen LogP contribution in [0.2, 0.25) is 0 Å². The molecule has 27 heavy (non-hydrogen) atoms. The molecule has 0 radical (unpaired) electrons. The Kier molecular flexibility index (Phi) is 6.38. The molecule has 144 valence electrons. The normalized spacial score (nSPS) is 15.3. The van der Waals surface area contributed by atoms with Crippen LogP contribution >= 0.6 is 0 Å². The molecule has 1 heterocycles. The van der Waals surface area contributed by atoms with Crippen molar-refractivity contribution in [3.05, 3.63) is 59.2 Å². The van der Waals surface area contributed by atoms with E-state index in [-0.39, 0.29) is 5.91 Å². The lowest BCUT2D eigenvalue weighted by molar-refractivity contribution is -0.127. The molecule has 1 N–H and O–H groups in total. The zero-order valence-electron chi connectivity index (χ0n) is 16.6. The fourth-order valence-electron chi connectivity index (χ4n) is 3.35. The van der Waals surface area contributed by atoms with Crippen molar-refractivity contribution in [1.29, 1.82) is 0 Å². The lowest BCUT2D eigenvalue weighted by atomic mass is 10.1. The first-order valence-electron chi connectivity index (χ1n) is 9.88. The van der Waals surface area contributed by atoms with Crippen LogP contribution in [0.3, 0.4) is 0 Å². The fourth-order valence-corrected chi connectivity index (χ4v) is 3.35. The number of carbonyl (C=O) groups is 1. The molecule has 0 spiro atoms. The van der Waals surface area contributed by atoms with Crippen molar-refractivity contribution in [3.8, 4) is 5.75 Å². The van der Waals surface area contributed by atoms with Gasteiger partial charge in [-0.1, -0.05) is 18.2 Å². The lowest BCUT2D eigenvalue weighted by Crippen LogP contribution is -2.35. The Bertz CT molecular complexity index is 764. The van der Waals surface area contributed by atoms with E-state index in [0.29, 0.717) is 6.54 Å². The number of benzene rings is 2. The van der Waals surface area contributed by atoms with E-state index in [0.717, 1.165) is 30.0 Å². The summed E-state index contributed by atoms with van der Waals surface area (Å²) in [6.07, 6.45) is 3.36. The van der Waals surface area contributed by atoms with Gasteiger partial charge in [-0.15, -0.1) is 0 Å². The molecule has 1 aliphatic heterocycles. The van der Waals surface area contributed by atoms with Crippen LogP contribution in [0.25, 0.3) is 0 Å². The molecule has 1 amide bonds. The average Bonchev–Trinajstić information content (AvgIpc) is 2.70. The van der Waals surface area contributed by atoms with Crippen LogP contribution < -0.4 is 15.0 Å². The highest BCUT2D eigenvalue weighted by Crippen LogP contribution is 2.20. The van der Waals surface area contributed by atoms with E-state index < -0.39 is 6.10 Å². The van der Waals surface area contributed by atoms with Gasteiger partial charge in [0.15, 0.2) is 6.10 Å². The molecular weight excluding hydrogens is 336 g/mol. The molecule has 4 heteroatoms. The van der Waals surface area contributed by atoms with Gasteiger partial charge in [-0.3, -0.25) is 4.79 Å². The van der Waals surface area contributed by atoms with E-state index in [4.69, 9.17) is 4.74 Å². The van der Waals surface area contributed by atoms with Gasteiger partial charge in [0.25, 0.3) is 5.91 Å². The van der Waals surface area contributed by atoms with E-state index in [1.807, 2.05) is 25.1 Å². The fraction of sp³-hybridized carbons (Fsp3) is 0.435. The minimum Gasteiger partial charge on any atom is -0.481 e. The van der Waals surface area contributed by atoms with Crippen molar-refractivity contribution in [2.75, 3.05) is 18.0 Å². The summed E-state index contributed by atoms with van der Waals surface area (Å²) >= 11 is 0. The third-order valence-electron chi connectivity index (χ3n) is 5.28. The monoisotopic (exact) mass is 366 g/mol. The summed E-state index contributed by atoms with van der Waals surface area (Å²) in [5, 5.41) is 2.97. The zero-order chi connectivity index (χ0) is 19.2. The molecule has 0 bridgehead atoms. The number of aryl methyl sites for hydroxylation is 2. The number of carbonyl (C=O) groups excluding carboxylic acids is 1. The second-order valence-corrected chi connectivity index (χ2v) is 7.44. The largest absolute Gasteiger partial charge is 0.481 e. The minimum absolute atomic E-state index is 0.103. The number of rotatable bonds is 6. The molecule has 2 aromatic carbocycles. The molecule has 1 atom stereocenters. The highest BCUT2D eigenvalue weighted by atomic mass is 16.5. The summed E-state index contributed by atoms with van der Waals surface area (Å²) in [5.74, 6) is 0.625. The third kappa shape index (κ3) is 5.25. The Morgan fingerprint density at radius 3 is 2.41 bits per heavy atom. The van der Waals surface area contributed by atoms with Crippen molar-refractivity contribution in [2.45, 2.75) is 52.7 Å². The van der Waals surface area contributed by atoms with Gasteiger partial charge in [0.2, 0.25) is 0 Å². The highest BCUT2D eigenvalue weighted by molar-refractivity contribution is 5.80. The van der Waals surface area contributed by atoms with E-state index in [9.17, 15) is 4.79 Å². The topological polar surface area (TPSA) is 41.6 Å². The number of amides is 1. The Morgan fingerprint density at radius 2 is 1.74 bits per heavy atom. The van der Waals surface area contributed by atoms with Gasteiger partial charge < -0.3 is 15.0 Å². The van der Waals surface area contributed by atoms with Crippen molar-refractivity contribution in [1.82, 2.24) is 5.32 Å². The Labute approximate surface area is 162 Å². The summed E-state index contributed by atoms with van der Waals surface area (Å²) < 4.78 is 5.78. The summed E-state index contributed by atoms with van der Waals surface area (Å²) in [5.41, 5.74) is 4.75. The summed E-state index contributed by atoms with van der Waals surface area (Å²) in [6, 6.07) is 14.4. The first kappa shape index (κ1) is 19.3. The summed E-state index contributed by atoms with van der Waals surface area (Å²) in [6.45, 7) is 8.68. The second-order valence-electron chi connectivity index (χ2n) is 7.44. The van der Waals surface area contributed by atoms with Crippen LogP contribution in [0.4, 0.5) is 5.69 Å². The maximum absolute atomic E-state index is 12.3. The van der Waals surface area contributed by atoms with Crippen molar-refractivity contribution >= 4 is 11.6 Å². The summed E-state index contributed by atoms with van der Waals surface area (Å²) in [4.78, 5) is 14.8. The second kappa shape index (κ2) is 8.94. The first-order valence-corrected chi connectivity index (χ1v) is 9.88. The molecule has 4 nitrogen and oxygen atoms in total. The van der Waals surface area contributed by atoms with Gasteiger partial charge in [-0.25, -0.2) is 0 Å². The number of nitrogens with zero attached hydrogens (tertiary/aromatic N) is 1. The molecular formula is C23H30N2O2. The number of nitrogens with one attached hydrogen (secondary N) is 1. The van der Waals surface area contributed by atoms with Gasteiger partial charge in [0, 0.05) is 25.3 Å². The van der Waals surface area contributed by atoms with Crippen LogP contribution in [-0.4, -0.2) is 25.1 Å². The first-order chi connectivity index (χ1) is 13.0. The Balaban J connectivity index is 1.49. The van der Waals surface area contributed by atoms with Gasteiger partial charge in [0.1, 0.15) is 5.75 Å². The number of piperidine rings is 1. The van der Waals surface area contributed by atoms with Crippen molar-refractivity contribution in [3.63, 3.8) is 0 Å². The Hall–Kier alpha value is -2.49. The summed E-state index contributed by atoms with van der Waals surface area (Å²) in [7, 11) is 0. The predicted octanol–water partition coefficient (Wildman–Crippen LogP) is 4.38. The van der Waals surface area contributed by atoms with Gasteiger partial charge in [0.05, 0.1) is 0 Å². The van der Waals surface area contributed by atoms with Crippen LogP contribution in [0.5, 0.6) is 5.75 Å². The van der Waals surface area contributed by atoms with Crippen LogP contribution in [-0.2, 0) is 11.3 Å². The number of ether oxygens (including phenoxy) is 1. The van der Waals surface area contributed by atoms with E-state index in [2.05, 4.69) is 41.4 Å². The molecule has 0 aromatic heterocycles. The zero-order valence-corrected chi connectivity index (χ0v) is 16.6. The molecule has 3 rings (SSSR count). The third-order valence-corrected chi connectivity index (χ3v) is 5.28. The highest BCUT2D eigenvalue weighted by Gasteiger charge is 2.15. The average molecular weight is 367 g/mol. The predicted molar refractivity (Wildman–Crippen MR) is 110 cm³/mol. The molecule has 1 saturated heterocycles. The molecule has 0 unspecified atom stereocenters. The maximum Gasteiger partial charge on any atom is 0.261 e. The quantitative estimate of drug-likeness (QED) is 0.825. The standard InChI is InChI=1S/C23H30N2O2/c1-17-7-12-22(15-18(17)2)27-19(3)23(26)24-16-20-8-10-21(11-9-20)25-13-5-4-6-14-25/h7-12,15,19H,4-6,13-14,16H2,1-3H3,(H,24,26)/t19-/m0/s1. The number of hydrogen-bond acceptors (Lipinski definition) is 3. The number of hydrogen-bond donors (Lipinski definition) is 1. The van der Waals surface area contributed by atoms with Gasteiger partial charge in [-0.05, 0) is 81.0 Å². The molecule has 2 aromatic rings. The smallest absolute Gasteiger partial charge is 0.261 e. The van der Waals surface area contributed by atoms with Crippen LogP contribution in [0, 0.1) is 13.8 Å². The lowest BCUT2D eigenvalue weighted by Gasteiger charge is -2.28. The van der Waals surface area contributed by atoms with Gasteiger partial charge in [-0.2, -0.15) is 0 Å². The number of anilines is 1. The van der Waals surface area contributed by atoms with E-state index in [1.54, 1.807) is 6.92 Å². The molecule has 1 aliphatic rings. The van der Waals surface area contributed by atoms with Crippen LogP contribution in [0.1, 0.15) is 42.9 Å². The Morgan fingerprint density at radius 1 is 1.04 bits per heavy atom. The SMILES string of the molecule is Cc1ccc(O[C@@H](C)C(=O)NCc2ccc(N3CCCCC3)cc2)cc1C. The van der Waals surface area contributed by atoms with E-state index >= 15 is 0 Å². The molecule has 0 aliphatic carbocycles. The van der Waals surface area contributed by atoms with E-state index in [1.165, 1.54) is 30.5 Å². The minimum atomic E-state index is -0.528. The van der Waals surface area contributed by atoms with Crippen molar-refractivity contribution < 1.29 is 9.53 Å². The van der Waals surface area contributed by atoms with Crippen molar-refractivity contribution in [2.24, 2.45) is 0 Å². The van der Waals surface area contributed by atoms with Gasteiger partial charge >= 0.3 is 0 Å². The molecule has 0 saturated carbocycles. The van der Waals surface area contributed by atoms with Crippen LogP contribution in [0.15, 0.2) is 42.5 Å². The molecule has 1 fully saturated rings. The maximum atomic E-state index is 12.3.